The molecule has 4 aromatic carbocycles. The van der Waals surface area contributed by atoms with Crippen molar-refractivity contribution in [2.45, 2.75) is 0 Å². The standard InChI is InChI=1S/C30H25O5P/c1-34-29(32)26-21-13-12-20-25(26)27(31)28(30(33)35-2)36(22-14-6-3-7-15-22,23-16-8-4-9-17-23)24-18-10-5-11-19-24/h3-21H,1-2H3. The second-order valence-electron chi connectivity index (χ2n) is 7.88. The topological polar surface area (TPSA) is 69.7 Å². The summed E-state index contributed by atoms with van der Waals surface area (Å²) in [4.78, 5) is 40.7. The number of ketones is 1. The summed E-state index contributed by atoms with van der Waals surface area (Å²) in [6, 6.07) is 34.9. The van der Waals surface area contributed by atoms with Gasteiger partial charge in [0.2, 0.25) is 5.78 Å². The Balaban J connectivity index is 2.26. The van der Waals surface area contributed by atoms with Crippen molar-refractivity contribution in [3.05, 3.63) is 126 Å². The van der Waals surface area contributed by atoms with E-state index in [2.05, 4.69) is 0 Å². The second kappa shape index (κ2) is 11.0. The lowest BCUT2D eigenvalue weighted by Crippen LogP contribution is -2.38. The summed E-state index contributed by atoms with van der Waals surface area (Å²) in [5.74, 6) is -1.98. The number of benzene rings is 4. The Morgan fingerprint density at radius 1 is 0.528 bits per heavy atom. The van der Waals surface area contributed by atoms with Crippen LogP contribution in [0.4, 0.5) is 0 Å². The molecule has 0 radical (unpaired) electrons. The Labute approximate surface area is 210 Å². The van der Waals surface area contributed by atoms with Gasteiger partial charge >= 0.3 is 11.9 Å². The maximum absolute atomic E-state index is 14.4. The zero-order valence-electron chi connectivity index (χ0n) is 20.0. The highest BCUT2D eigenvalue weighted by atomic mass is 31.2. The van der Waals surface area contributed by atoms with Crippen LogP contribution in [0, 0.1) is 0 Å². The highest BCUT2D eigenvalue weighted by molar-refractivity contribution is 7.97. The summed E-state index contributed by atoms with van der Waals surface area (Å²) >= 11 is 0. The van der Waals surface area contributed by atoms with Gasteiger partial charge in [-0.25, -0.2) is 9.59 Å². The summed E-state index contributed by atoms with van der Waals surface area (Å²) in [5, 5.41) is 2.41. The third-order valence-corrected chi connectivity index (χ3v) is 10.2. The molecule has 0 unspecified atom stereocenters. The number of ether oxygens (including phenoxy) is 2. The van der Waals surface area contributed by atoms with Gasteiger partial charge in [-0.1, -0.05) is 109 Å². The number of hydrogen-bond donors (Lipinski definition) is 0. The van der Waals surface area contributed by atoms with E-state index in [-0.39, 0.29) is 16.4 Å². The largest absolute Gasteiger partial charge is 0.465 e. The minimum absolute atomic E-state index is 0.0232. The van der Waals surface area contributed by atoms with Crippen molar-refractivity contribution < 1.29 is 23.9 Å². The van der Waals surface area contributed by atoms with Crippen molar-refractivity contribution in [1.29, 1.82) is 0 Å². The van der Waals surface area contributed by atoms with Crippen LogP contribution in [-0.4, -0.2) is 37.2 Å². The van der Waals surface area contributed by atoms with Gasteiger partial charge in [-0.15, -0.1) is 0 Å². The minimum Gasteiger partial charge on any atom is -0.465 e. The van der Waals surface area contributed by atoms with Gasteiger partial charge in [-0.2, -0.15) is 0 Å². The lowest BCUT2D eigenvalue weighted by molar-refractivity contribution is -0.132. The first-order valence-corrected chi connectivity index (χ1v) is 13.1. The Bertz CT molecular complexity index is 1340. The predicted octanol–water partition coefficient (Wildman–Crippen LogP) is 4.00. The fourth-order valence-corrected chi connectivity index (χ4v) is 8.68. The van der Waals surface area contributed by atoms with Crippen molar-refractivity contribution in [2.75, 3.05) is 14.2 Å². The third-order valence-electron chi connectivity index (χ3n) is 5.94. The third kappa shape index (κ3) is 4.41. The number of rotatable bonds is 7. The maximum atomic E-state index is 14.4. The monoisotopic (exact) mass is 496 g/mol. The summed E-state index contributed by atoms with van der Waals surface area (Å²) in [6.45, 7) is -3.08. The molecule has 0 aliphatic carbocycles. The smallest absolute Gasteiger partial charge is 0.342 e. The molecule has 0 aliphatic heterocycles. The SMILES string of the molecule is COC(=O)C(C(=O)c1ccccc1C(=O)OC)=P(c1ccccc1)(c1ccccc1)c1ccccc1. The van der Waals surface area contributed by atoms with E-state index < -0.39 is 24.6 Å². The second-order valence-corrected chi connectivity index (χ2v) is 11.2. The fourth-order valence-electron chi connectivity index (χ4n) is 4.36. The maximum Gasteiger partial charge on any atom is 0.342 e. The Kier molecular flexibility index (Phi) is 7.62. The van der Waals surface area contributed by atoms with Crippen molar-refractivity contribution in [3.63, 3.8) is 0 Å². The van der Waals surface area contributed by atoms with E-state index in [1.165, 1.54) is 26.4 Å². The molecule has 0 N–H and O–H groups in total. The van der Waals surface area contributed by atoms with Gasteiger partial charge in [0.25, 0.3) is 0 Å². The van der Waals surface area contributed by atoms with Crippen LogP contribution in [0.15, 0.2) is 115 Å². The Morgan fingerprint density at radius 3 is 1.31 bits per heavy atom. The average Bonchev–Trinajstić information content (AvgIpc) is 2.96. The number of methoxy groups -OCH3 is 2. The van der Waals surface area contributed by atoms with Crippen molar-refractivity contribution in [2.24, 2.45) is 0 Å². The molecule has 0 heterocycles. The molecule has 0 aliphatic rings. The summed E-state index contributed by atoms with van der Waals surface area (Å²) in [7, 11) is 2.52. The van der Waals surface area contributed by atoms with E-state index in [1.807, 2.05) is 91.0 Å². The first-order valence-electron chi connectivity index (χ1n) is 11.3. The van der Waals surface area contributed by atoms with E-state index >= 15 is 0 Å². The minimum atomic E-state index is -3.08. The molecule has 4 aromatic rings. The lowest BCUT2D eigenvalue weighted by atomic mass is 10.0. The van der Waals surface area contributed by atoms with Crippen LogP contribution in [0.25, 0.3) is 0 Å². The van der Waals surface area contributed by atoms with Gasteiger partial charge in [0.15, 0.2) is 0 Å². The van der Waals surface area contributed by atoms with E-state index in [9.17, 15) is 14.4 Å². The molecule has 36 heavy (non-hydrogen) atoms. The number of hydrogen-bond acceptors (Lipinski definition) is 5. The quantitative estimate of drug-likeness (QED) is 0.168. The van der Waals surface area contributed by atoms with Crippen molar-refractivity contribution >= 4 is 45.8 Å². The molecule has 5 nitrogen and oxygen atoms in total. The molecule has 4 rings (SSSR count). The average molecular weight is 496 g/mol. The lowest BCUT2D eigenvalue weighted by Gasteiger charge is -2.31. The Morgan fingerprint density at radius 2 is 0.917 bits per heavy atom. The van der Waals surface area contributed by atoms with Gasteiger partial charge in [-0.05, 0) is 28.9 Å². The zero-order chi connectivity index (χ0) is 25.5. The number of Topliss-reactive ketones (excluding diaryl/α,β-unsaturated/α-hetero) is 1. The fraction of sp³-hybridized carbons (Fsp3) is 0.0667. The molecule has 0 bridgehead atoms. The van der Waals surface area contributed by atoms with E-state index in [0.29, 0.717) is 0 Å². The molecule has 0 spiro atoms. The van der Waals surface area contributed by atoms with E-state index in [0.717, 1.165) is 15.9 Å². The number of carbonyl (C=O) groups excluding carboxylic acids is 3. The highest BCUT2D eigenvalue weighted by Gasteiger charge is 2.38. The zero-order valence-corrected chi connectivity index (χ0v) is 20.9. The summed E-state index contributed by atoms with van der Waals surface area (Å²) in [6.07, 6.45) is 0. The van der Waals surface area contributed by atoms with Gasteiger partial charge in [0.05, 0.1) is 19.8 Å². The normalized spacial score (nSPS) is 10.8. The summed E-state index contributed by atoms with van der Waals surface area (Å²) < 4.78 is 10.2. The molecule has 0 fully saturated rings. The molecule has 0 atom stereocenters. The van der Waals surface area contributed by atoms with Crippen LogP contribution in [-0.2, 0) is 14.3 Å². The molecule has 180 valence electrons. The molecule has 0 saturated carbocycles. The van der Waals surface area contributed by atoms with Crippen molar-refractivity contribution in [3.8, 4) is 0 Å². The first kappa shape index (κ1) is 24.9. The van der Waals surface area contributed by atoms with E-state index in [4.69, 9.17) is 9.47 Å². The molecule has 0 amide bonds. The van der Waals surface area contributed by atoms with Crippen LogP contribution < -0.4 is 15.9 Å². The van der Waals surface area contributed by atoms with Gasteiger partial charge < -0.3 is 9.47 Å². The predicted molar refractivity (Wildman–Crippen MR) is 144 cm³/mol. The van der Waals surface area contributed by atoms with Crippen LogP contribution in [0.2, 0.25) is 0 Å². The highest BCUT2D eigenvalue weighted by Crippen LogP contribution is 2.47. The number of carbonyl (C=O) groups is 3. The van der Waals surface area contributed by atoms with Gasteiger partial charge in [0.1, 0.15) is 5.29 Å². The van der Waals surface area contributed by atoms with Crippen LogP contribution >= 0.6 is 6.89 Å². The molecule has 6 heteroatoms. The van der Waals surface area contributed by atoms with Crippen LogP contribution in [0.5, 0.6) is 0 Å². The van der Waals surface area contributed by atoms with Gasteiger partial charge in [0, 0.05) is 5.56 Å². The van der Waals surface area contributed by atoms with Crippen LogP contribution in [0.1, 0.15) is 20.7 Å². The number of esters is 2. The molecular weight excluding hydrogens is 471 g/mol. The van der Waals surface area contributed by atoms with E-state index in [1.54, 1.807) is 12.1 Å². The summed E-state index contributed by atoms with van der Waals surface area (Å²) in [5.41, 5.74) is 0.163. The first-order chi connectivity index (χ1) is 17.6. The molecule has 0 aromatic heterocycles. The van der Waals surface area contributed by atoms with Crippen molar-refractivity contribution in [1.82, 2.24) is 0 Å². The molecule has 0 saturated heterocycles. The van der Waals surface area contributed by atoms with Crippen LogP contribution in [0.3, 0.4) is 0 Å². The van der Waals surface area contributed by atoms with Gasteiger partial charge in [-0.3, -0.25) is 4.79 Å². The molecular formula is C30H25O5P. The Hall–Kier alpha value is -4.21.